The van der Waals surface area contributed by atoms with Crippen LogP contribution in [0, 0.1) is 17.5 Å². The Morgan fingerprint density at radius 2 is 1.24 bits per heavy atom. The van der Waals surface area contributed by atoms with Crippen LogP contribution in [-0.4, -0.2) is 40.5 Å². The third kappa shape index (κ3) is 7.17. The molecule has 5 rings (SSSR count). The molecule has 1 aliphatic heterocycles. The lowest BCUT2D eigenvalue weighted by atomic mass is 10.2. The molecule has 0 radical (unpaired) electrons. The molecule has 220 valence electrons. The highest BCUT2D eigenvalue weighted by atomic mass is 32.3. The summed E-state index contributed by atoms with van der Waals surface area (Å²) in [5.41, 5.74) is 3.54. The first-order valence-corrected chi connectivity index (χ1v) is 16.1. The van der Waals surface area contributed by atoms with Gasteiger partial charge in [-0.2, -0.15) is 0 Å². The van der Waals surface area contributed by atoms with Crippen LogP contribution in [0.25, 0.3) is 0 Å². The summed E-state index contributed by atoms with van der Waals surface area (Å²) in [4.78, 5) is 13.9. The van der Waals surface area contributed by atoms with Crippen molar-refractivity contribution in [2.24, 2.45) is 0 Å². The number of likely N-dealkylation sites (tertiary alicyclic amines) is 1. The highest BCUT2D eigenvalue weighted by Crippen LogP contribution is 2.63. The molecule has 1 N–H and O–H groups in total. The molecular formula is C34H34F3NO3S. The molecule has 42 heavy (non-hydrogen) atoms. The summed E-state index contributed by atoms with van der Waals surface area (Å²) in [6.07, 6.45) is -0.438. The van der Waals surface area contributed by atoms with Crippen molar-refractivity contribution in [2.75, 3.05) is 13.2 Å². The van der Waals surface area contributed by atoms with Crippen LogP contribution in [0.1, 0.15) is 28.7 Å². The molecule has 4 nitrogen and oxygen atoms in total. The largest absolute Gasteiger partial charge is 0.465 e. The third-order valence-electron chi connectivity index (χ3n) is 7.88. The maximum atomic E-state index is 14.2. The van der Waals surface area contributed by atoms with E-state index in [1.54, 1.807) is 0 Å². The molecule has 1 heterocycles. The summed E-state index contributed by atoms with van der Waals surface area (Å²) >= 11 is 0. The molecule has 0 saturated carbocycles. The number of halogens is 3. The second-order valence-corrected chi connectivity index (χ2v) is 14.6. The van der Waals surface area contributed by atoms with Gasteiger partial charge in [0, 0.05) is 40.7 Å². The van der Waals surface area contributed by atoms with Crippen LogP contribution in [0.5, 0.6) is 0 Å². The fourth-order valence-corrected chi connectivity index (χ4v) is 10.5. The van der Waals surface area contributed by atoms with Gasteiger partial charge in [-0.15, -0.1) is 0 Å². The number of hydrogen-bond donors (Lipinski definition) is 1. The Hall–Kier alpha value is -3.75. The van der Waals surface area contributed by atoms with Crippen molar-refractivity contribution in [1.82, 2.24) is 4.90 Å². The minimum Gasteiger partial charge on any atom is -0.465 e. The highest BCUT2D eigenvalue weighted by molar-refractivity contribution is 8.32. The predicted molar refractivity (Wildman–Crippen MR) is 161 cm³/mol. The predicted octanol–water partition coefficient (Wildman–Crippen LogP) is 8.15. The molecule has 1 amide bonds. The Balaban J connectivity index is 1.45. The van der Waals surface area contributed by atoms with E-state index in [0.29, 0.717) is 19.0 Å². The normalized spacial score (nSPS) is 17.4. The first kappa shape index (κ1) is 29.7. The fourth-order valence-electron chi connectivity index (χ4n) is 5.83. The minimum absolute atomic E-state index is 0.0266. The Morgan fingerprint density at radius 1 is 0.762 bits per heavy atom. The number of carbonyl (C=O) groups is 1. The Morgan fingerprint density at radius 3 is 1.71 bits per heavy atom. The van der Waals surface area contributed by atoms with Crippen LogP contribution < -0.4 is 0 Å². The quantitative estimate of drug-likeness (QED) is 0.179. The lowest BCUT2D eigenvalue weighted by Crippen LogP contribution is -2.37. The number of ether oxygens (including phenoxy) is 1. The molecule has 0 aromatic heterocycles. The van der Waals surface area contributed by atoms with Gasteiger partial charge in [0.15, 0.2) is 11.6 Å². The van der Waals surface area contributed by atoms with E-state index in [1.807, 2.05) is 54.6 Å². The van der Waals surface area contributed by atoms with Crippen molar-refractivity contribution < 1.29 is 27.8 Å². The molecule has 4 aromatic carbocycles. The van der Waals surface area contributed by atoms with Crippen LogP contribution in [-0.2, 0) is 28.6 Å². The molecule has 0 bridgehead atoms. The number of hydrogen-bond acceptors (Lipinski definition) is 2. The van der Waals surface area contributed by atoms with E-state index in [2.05, 4.69) is 36.4 Å². The van der Waals surface area contributed by atoms with E-state index in [9.17, 15) is 23.1 Å². The summed E-state index contributed by atoms with van der Waals surface area (Å²) in [5, 5.41) is 10.3. The van der Waals surface area contributed by atoms with Gasteiger partial charge in [0.1, 0.15) is 5.82 Å². The molecule has 0 unspecified atom stereocenters. The molecule has 0 spiro atoms. The van der Waals surface area contributed by atoms with Gasteiger partial charge >= 0.3 is 6.09 Å². The van der Waals surface area contributed by atoms with E-state index in [1.165, 1.54) is 21.6 Å². The van der Waals surface area contributed by atoms with Gasteiger partial charge in [-0.3, -0.25) is 0 Å². The first-order valence-electron chi connectivity index (χ1n) is 13.9. The van der Waals surface area contributed by atoms with Gasteiger partial charge in [0.25, 0.3) is 0 Å². The summed E-state index contributed by atoms with van der Waals surface area (Å²) in [7, 11) is -1.54. The van der Waals surface area contributed by atoms with Crippen LogP contribution in [0.3, 0.4) is 0 Å². The van der Waals surface area contributed by atoms with Crippen molar-refractivity contribution in [3.8, 4) is 0 Å². The number of carboxylic acid groups (broad SMARTS) is 1. The first-order chi connectivity index (χ1) is 20.3. The standard InChI is InChI=1S/C34H34F3NO3S/c35-31-18-33(37)32(36)16-28(31)20-41-21-29-17-30(19-38(29)34(39)40)42(22-25-10-4-1-5-11-25,23-26-12-6-2-7-13-26)24-27-14-8-3-9-15-27/h1-16,18,29-30H,17,19-24H2,(H,39,40)/t29-,30+/m0/s1. The Labute approximate surface area is 246 Å². The SMILES string of the molecule is O=C(O)N1C[C@H](S(Cc2ccccc2)(Cc2ccccc2)Cc2ccccc2)C[C@H]1COCc1cc(F)c(F)cc1F. The van der Waals surface area contributed by atoms with Crippen LogP contribution >= 0.6 is 10.0 Å². The van der Waals surface area contributed by atoms with Gasteiger partial charge < -0.3 is 14.7 Å². The van der Waals surface area contributed by atoms with Crippen LogP contribution in [0.4, 0.5) is 18.0 Å². The number of rotatable bonds is 11. The summed E-state index contributed by atoms with van der Waals surface area (Å²) in [6.45, 7) is 0.108. The second-order valence-electron chi connectivity index (χ2n) is 10.8. The molecule has 0 aliphatic carbocycles. The monoisotopic (exact) mass is 593 g/mol. The van der Waals surface area contributed by atoms with Gasteiger partial charge in [0.05, 0.1) is 19.3 Å². The smallest absolute Gasteiger partial charge is 0.407 e. The number of benzene rings is 4. The zero-order valence-corrected chi connectivity index (χ0v) is 24.0. The molecule has 1 aliphatic rings. The van der Waals surface area contributed by atoms with E-state index in [0.717, 1.165) is 23.3 Å². The van der Waals surface area contributed by atoms with Crippen LogP contribution in [0.2, 0.25) is 0 Å². The minimum atomic E-state index is -1.54. The zero-order chi connectivity index (χ0) is 29.5. The van der Waals surface area contributed by atoms with Gasteiger partial charge in [-0.1, -0.05) is 91.0 Å². The molecule has 4 aromatic rings. The van der Waals surface area contributed by atoms with Gasteiger partial charge in [-0.25, -0.2) is 28.0 Å². The van der Waals surface area contributed by atoms with E-state index >= 15 is 0 Å². The van der Waals surface area contributed by atoms with Crippen molar-refractivity contribution in [2.45, 2.75) is 41.6 Å². The van der Waals surface area contributed by atoms with Gasteiger partial charge in [0.2, 0.25) is 0 Å². The van der Waals surface area contributed by atoms with E-state index in [-0.39, 0.29) is 24.0 Å². The van der Waals surface area contributed by atoms with Gasteiger partial charge in [-0.05, 0) is 29.2 Å². The summed E-state index contributed by atoms with van der Waals surface area (Å²) in [6, 6.07) is 31.9. The molecule has 1 fully saturated rings. The van der Waals surface area contributed by atoms with Crippen molar-refractivity contribution in [1.29, 1.82) is 0 Å². The second kappa shape index (κ2) is 13.5. The Kier molecular flexibility index (Phi) is 9.55. The summed E-state index contributed by atoms with van der Waals surface area (Å²) < 4.78 is 47.0. The maximum Gasteiger partial charge on any atom is 0.407 e. The summed E-state index contributed by atoms with van der Waals surface area (Å²) in [5.74, 6) is -0.804. The zero-order valence-electron chi connectivity index (χ0n) is 23.2. The van der Waals surface area contributed by atoms with E-state index < -0.39 is 39.6 Å². The van der Waals surface area contributed by atoms with E-state index in [4.69, 9.17) is 4.74 Å². The van der Waals surface area contributed by atoms with Crippen LogP contribution in [0.15, 0.2) is 103 Å². The highest BCUT2D eigenvalue weighted by Gasteiger charge is 2.44. The molecular weight excluding hydrogens is 559 g/mol. The fraction of sp³-hybridized carbons (Fsp3) is 0.265. The lowest BCUT2D eigenvalue weighted by Gasteiger charge is -2.46. The van der Waals surface area contributed by atoms with Crippen molar-refractivity contribution in [3.63, 3.8) is 0 Å². The van der Waals surface area contributed by atoms with Crippen molar-refractivity contribution in [3.05, 3.63) is 143 Å². The molecule has 2 atom stereocenters. The maximum absolute atomic E-state index is 14.2. The molecule has 8 heteroatoms. The van der Waals surface area contributed by atoms with Crippen molar-refractivity contribution >= 4 is 16.1 Å². The number of amides is 1. The lowest BCUT2D eigenvalue weighted by molar-refractivity contribution is 0.0629. The Bertz CT molecular complexity index is 1370. The average Bonchev–Trinajstić information content (AvgIpc) is 3.43. The number of nitrogens with zero attached hydrogens (tertiary/aromatic N) is 1. The topological polar surface area (TPSA) is 49.8 Å². The molecule has 1 saturated heterocycles. The average molecular weight is 594 g/mol. The third-order valence-corrected chi connectivity index (χ3v) is 12.4.